The average molecular weight is 463 g/mol. The zero-order valence-electron chi connectivity index (χ0n) is 17.6. The van der Waals surface area contributed by atoms with Crippen LogP contribution in [0.25, 0.3) is 0 Å². The lowest BCUT2D eigenvalue weighted by Crippen LogP contribution is -2.29. The molecule has 0 bridgehead atoms. The number of anilines is 1. The van der Waals surface area contributed by atoms with Gasteiger partial charge in [0.25, 0.3) is 5.89 Å². The number of benzene rings is 2. The van der Waals surface area contributed by atoms with Crippen molar-refractivity contribution < 1.29 is 26.9 Å². The van der Waals surface area contributed by atoms with E-state index in [-0.39, 0.29) is 42.0 Å². The minimum atomic E-state index is -3.74. The molecule has 0 atom stereocenters. The van der Waals surface area contributed by atoms with Gasteiger partial charge in [-0.1, -0.05) is 24.2 Å². The Morgan fingerprint density at radius 3 is 2.59 bits per heavy atom. The summed E-state index contributed by atoms with van der Waals surface area (Å²) >= 11 is 0. The highest BCUT2D eigenvalue weighted by atomic mass is 32.2. The Balaban J connectivity index is 1.55. The number of nitrogens with one attached hydrogen (secondary N) is 1. The molecule has 2 aromatic carbocycles. The van der Waals surface area contributed by atoms with Crippen LogP contribution in [-0.2, 0) is 27.8 Å². The van der Waals surface area contributed by atoms with Crippen molar-refractivity contribution >= 4 is 21.6 Å². The second kappa shape index (κ2) is 10.3. The summed E-state index contributed by atoms with van der Waals surface area (Å²) in [7, 11) is -2.29. The summed E-state index contributed by atoms with van der Waals surface area (Å²) in [5, 5.41) is 6.47. The van der Waals surface area contributed by atoms with E-state index in [2.05, 4.69) is 15.5 Å². The van der Waals surface area contributed by atoms with Gasteiger partial charge in [-0.25, -0.2) is 17.1 Å². The Hall–Kier alpha value is -3.31. The smallest absolute Gasteiger partial charge is 0.264 e. The molecular weight excluding hydrogens is 439 g/mol. The first-order valence-electron chi connectivity index (χ1n) is 9.84. The second-order valence-electron chi connectivity index (χ2n) is 6.83. The Morgan fingerprint density at radius 1 is 1.19 bits per heavy atom. The molecule has 0 saturated heterocycles. The van der Waals surface area contributed by atoms with Crippen molar-refractivity contribution in [2.45, 2.75) is 31.3 Å². The van der Waals surface area contributed by atoms with E-state index < -0.39 is 15.8 Å². The van der Waals surface area contributed by atoms with E-state index in [1.54, 1.807) is 19.1 Å². The normalized spacial score (nSPS) is 11.5. The van der Waals surface area contributed by atoms with E-state index >= 15 is 0 Å². The van der Waals surface area contributed by atoms with E-state index in [4.69, 9.17) is 9.26 Å². The summed E-state index contributed by atoms with van der Waals surface area (Å²) in [5.74, 6) is -0.134. The SMILES string of the molecule is CCC(=O)Nc1ccc(S(=O)(=O)N(C)CCc2noc(COc3ccccc3F)n2)cc1. The number of amides is 1. The van der Waals surface area contributed by atoms with Gasteiger partial charge in [-0.2, -0.15) is 4.98 Å². The first-order valence-corrected chi connectivity index (χ1v) is 11.3. The topological polar surface area (TPSA) is 115 Å². The van der Waals surface area contributed by atoms with Crippen molar-refractivity contribution in [3.63, 3.8) is 0 Å². The summed E-state index contributed by atoms with van der Waals surface area (Å²) in [4.78, 5) is 15.7. The van der Waals surface area contributed by atoms with Crippen LogP contribution in [0.4, 0.5) is 10.1 Å². The third-order valence-electron chi connectivity index (χ3n) is 4.52. The number of halogens is 1. The zero-order chi connectivity index (χ0) is 23.1. The largest absolute Gasteiger partial charge is 0.481 e. The highest BCUT2D eigenvalue weighted by Crippen LogP contribution is 2.19. The molecule has 1 heterocycles. The number of hydrogen-bond donors (Lipinski definition) is 1. The number of carbonyl (C=O) groups excluding carboxylic acids is 1. The molecule has 9 nitrogen and oxygen atoms in total. The number of nitrogens with zero attached hydrogens (tertiary/aromatic N) is 3. The van der Waals surface area contributed by atoms with Crippen molar-refractivity contribution in [3.8, 4) is 5.75 Å². The molecule has 1 amide bonds. The predicted molar refractivity (Wildman–Crippen MR) is 114 cm³/mol. The molecule has 3 rings (SSSR count). The maximum absolute atomic E-state index is 13.6. The van der Waals surface area contributed by atoms with Crippen molar-refractivity contribution in [3.05, 3.63) is 66.1 Å². The highest BCUT2D eigenvalue weighted by Gasteiger charge is 2.21. The summed E-state index contributed by atoms with van der Waals surface area (Å²) in [6.07, 6.45) is 0.541. The Labute approximate surface area is 185 Å². The van der Waals surface area contributed by atoms with E-state index in [1.165, 1.54) is 47.8 Å². The van der Waals surface area contributed by atoms with Gasteiger partial charge in [0.2, 0.25) is 15.9 Å². The van der Waals surface area contributed by atoms with Crippen LogP contribution in [0, 0.1) is 5.82 Å². The summed E-state index contributed by atoms with van der Waals surface area (Å²) in [5.41, 5.74) is 0.524. The lowest BCUT2D eigenvalue weighted by molar-refractivity contribution is -0.115. The van der Waals surface area contributed by atoms with Crippen LogP contribution in [0.15, 0.2) is 57.9 Å². The Bertz CT molecular complexity index is 1160. The summed E-state index contributed by atoms with van der Waals surface area (Å²) in [6.45, 7) is 1.73. The molecule has 0 aliphatic heterocycles. The van der Waals surface area contributed by atoms with Crippen LogP contribution in [0.2, 0.25) is 0 Å². The first-order chi connectivity index (χ1) is 15.3. The highest BCUT2D eigenvalue weighted by molar-refractivity contribution is 7.89. The monoisotopic (exact) mass is 462 g/mol. The number of sulfonamides is 1. The molecule has 0 spiro atoms. The van der Waals surface area contributed by atoms with Gasteiger partial charge in [-0.15, -0.1) is 0 Å². The number of aromatic nitrogens is 2. The van der Waals surface area contributed by atoms with Crippen LogP contribution in [0.3, 0.4) is 0 Å². The fourth-order valence-corrected chi connectivity index (χ4v) is 3.84. The molecule has 0 unspecified atom stereocenters. The van der Waals surface area contributed by atoms with Crippen LogP contribution < -0.4 is 10.1 Å². The Morgan fingerprint density at radius 2 is 1.91 bits per heavy atom. The number of hydrogen-bond acceptors (Lipinski definition) is 7. The van der Waals surface area contributed by atoms with Crippen molar-refractivity contribution in [2.24, 2.45) is 0 Å². The molecule has 0 fully saturated rings. The van der Waals surface area contributed by atoms with Crippen molar-refractivity contribution in [1.29, 1.82) is 0 Å². The molecule has 0 aliphatic carbocycles. The lowest BCUT2D eigenvalue weighted by Gasteiger charge is -2.16. The van der Waals surface area contributed by atoms with Gasteiger partial charge in [-0.3, -0.25) is 4.79 Å². The van der Waals surface area contributed by atoms with Crippen LogP contribution in [0.1, 0.15) is 25.1 Å². The van der Waals surface area contributed by atoms with Gasteiger partial charge < -0.3 is 14.6 Å². The van der Waals surface area contributed by atoms with Gasteiger partial charge in [-0.05, 0) is 36.4 Å². The standard InChI is InChI=1S/C21H23FN4O5S/c1-3-20(27)23-15-8-10-16(11-9-15)32(28,29)26(2)13-12-19-24-21(31-25-19)14-30-18-7-5-4-6-17(18)22/h4-11H,3,12-14H2,1-2H3,(H,23,27). The van der Waals surface area contributed by atoms with Gasteiger partial charge >= 0.3 is 0 Å². The number of likely N-dealkylation sites (N-methyl/N-ethyl adjacent to an activating group) is 1. The molecule has 0 radical (unpaired) electrons. The fraction of sp³-hybridized carbons (Fsp3) is 0.286. The number of carbonyl (C=O) groups is 1. The quantitative estimate of drug-likeness (QED) is 0.493. The minimum Gasteiger partial charge on any atom is -0.481 e. The number of rotatable bonds is 10. The zero-order valence-corrected chi connectivity index (χ0v) is 18.4. The minimum absolute atomic E-state index is 0.0679. The molecule has 1 aromatic heterocycles. The lowest BCUT2D eigenvalue weighted by atomic mass is 10.3. The van der Waals surface area contributed by atoms with Crippen molar-refractivity contribution in [2.75, 3.05) is 18.9 Å². The van der Waals surface area contributed by atoms with E-state index in [9.17, 15) is 17.6 Å². The van der Waals surface area contributed by atoms with Gasteiger partial charge in [0, 0.05) is 32.1 Å². The predicted octanol–water partition coefficient (Wildman–Crippen LogP) is 3.00. The number of ether oxygens (including phenoxy) is 1. The summed E-state index contributed by atoms with van der Waals surface area (Å²) < 4.78 is 50.7. The van der Waals surface area contributed by atoms with Gasteiger partial charge in [0.1, 0.15) is 0 Å². The molecule has 11 heteroatoms. The van der Waals surface area contributed by atoms with Crippen LogP contribution in [-0.4, -0.2) is 42.4 Å². The van der Waals surface area contributed by atoms with E-state index in [1.807, 2.05) is 0 Å². The van der Waals surface area contributed by atoms with Gasteiger partial charge in [0.15, 0.2) is 24.0 Å². The first kappa shape index (κ1) is 23.4. The maximum atomic E-state index is 13.6. The number of para-hydroxylation sites is 1. The van der Waals surface area contributed by atoms with E-state index in [0.717, 1.165) is 0 Å². The molecule has 0 aliphatic rings. The molecule has 32 heavy (non-hydrogen) atoms. The van der Waals surface area contributed by atoms with Crippen molar-refractivity contribution in [1.82, 2.24) is 14.4 Å². The third kappa shape index (κ3) is 5.89. The molecular formula is C21H23FN4O5S. The van der Waals surface area contributed by atoms with Crippen LogP contribution >= 0.6 is 0 Å². The van der Waals surface area contributed by atoms with Crippen LogP contribution in [0.5, 0.6) is 5.75 Å². The molecule has 1 N–H and O–H groups in total. The maximum Gasteiger partial charge on any atom is 0.264 e. The average Bonchev–Trinajstić information content (AvgIpc) is 3.25. The second-order valence-corrected chi connectivity index (χ2v) is 8.87. The van der Waals surface area contributed by atoms with Gasteiger partial charge in [0.05, 0.1) is 4.90 Å². The summed E-state index contributed by atoms with van der Waals surface area (Å²) in [6, 6.07) is 11.9. The van der Waals surface area contributed by atoms with E-state index in [0.29, 0.717) is 17.9 Å². The molecule has 170 valence electrons. The Kier molecular flexibility index (Phi) is 7.54. The molecule has 0 saturated carbocycles. The third-order valence-corrected chi connectivity index (χ3v) is 6.39. The fourth-order valence-electron chi connectivity index (χ4n) is 2.67. The molecule has 3 aromatic rings.